The highest BCUT2D eigenvalue weighted by Crippen LogP contribution is 2.32. The maximum Gasteiger partial charge on any atom is 0.326 e. The number of benzene rings is 1. The number of aliphatic hydroxyl groups is 1. The van der Waals surface area contributed by atoms with Crippen molar-refractivity contribution >= 4 is 75.9 Å². The third-order valence-corrected chi connectivity index (χ3v) is 12.1. The van der Waals surface area contributed by atoms with Gasteiger partial charge in [-0.25, -0.2) is 4.79 Å². The Hall–Kier alpha value is -5.74. The standard InChI is InChI=1S/C39H56N10O11S/c1-5-18(3)31(41)35(56)45-24-12-22-21-9-7-8-10-23(21)47-37(22)61-17-26(34(55)46-25(13-28(40)51)38(58)49-16-20(50)11-27(49)39(59)60)44-29(52)14-43-36(57)32(19(4)6-2)48-30(53)15-42-33(24)54/h7-10,18-20,24-27,31-32,47,50H,5-6,11-17,41H2,1-4H3,(H2,40,51)(H,42,54)(H,43,57)(H,44,52)(H,45,56)(H,46,55)(H,48,53)(H,59,60)/t18-,19-,20+,24-,25-,26-,27-,31-,32-/m0/s1. The number of nitrogens with one attached hydrogen (secondary N) is 7. The first-order valence-corrected chi connectivity index (χ1v) is 21.1. The van der Waals surface area contributed by atoms with Crippen molar-refractivity contribution in [2.24, 2.45) is 23.3 Å². The van der Waals surface area contributed by atoms with Gasteiger partial charge in [0.1, 0.15) is 30.2 Å². The number of aromatic nitrogens is 1. The van der Waals surface area contributed by atoms with Crippen LogP contribution in [0.3, 0.4) is 0 Å². The maximum atomic E-state index is 14.1. The van der Waals surface area contributed by atoms with Crippen LogP contribution >= 0.6 is 11.8 Å². The summed E-state index contributed by atoms with van der Waals surface area (Å²) < 4.78 is 0. The van der Waals surface area contributed by atoms with Crippen LogP contribution in [-0.4, -0.2) is 141 Å². The molecule has 13 N–H and O–H groups in total. The fourth-order valence-electron chi connectivity index (χ4n) is 6.95. The number of H-pyrrole nitrogens is 1. The van der Waals surface area contributed by atoms with Gasteiger partial charge in [0.15, 0.2) is 0 Å². The normalized spacial score (nSPS) is 24.0. The number of β-amino-alcohol motifs (C(OH)–C–C–N with tert-alkyl or cyclic N) is 1. The summed E-state index contributed by atoms with van der Waals surface area (Å²) >= 11 is 1.03. The molecule has 0 saturated carbocycles. The molecule has 4 rings (SSSR count). The van der Waals surface area contributed by atoms with Crippen molar-refractivity contribution in [3.8, 4) is 0 Å². The number of carbonyl (C=O) groups excluding carboxylic acids is 8. The highest BCUT2D eigenvalue weighted by atomic mass is 32.2. The summed E-state index contributed by atoms with van der Waals surface area (Å²) in [6.07, 6.45) is -1.35. The SMILES string of the molecule is CC[C@H](C)[C@H](N)C(=O)N[C@H]1Cc2c([nH]c3ccccc23)SC[C@@H](C(=O)N[C@@H](CC(N)=O)C(=O)N2C[C@H](O)C[C@H]2C(=O)O)NC(=O)CNC(=O)[C@H]([C@@H](C)CC)NC(=O)CNC1=O. The molecule has 1 saturated heterocycles. The van der Waals surface area contributed by atoms with Crippen LogP contribution in [0.4, 0.5) is 0 Å². The molecule has 9 atom stereocenters. The highest BCUT2D eigenvalue weighted by Gasteiger charge is 2.42. The van der Waals surface area contributed by atoms with Crippen molar-refractivity contribution < 1.29 is 53.4 Å². The lowest BCUT2D eigenvalue weighted by Gasteiger charge is -2.28. The Balaban J connectivity index is 1.75. The van der Waals surface area contributed by atoms with Crippen molar-refractivity contribution in [2.75, 3.05) is 25.4 Å². The van der Waals surface area contributed by atoms with Crippen molar-refractivity contribution in [2.45, 2.75) is 107 Å². The number of hydrogen-bond donors (Lipinski definition) is 11. The Labute approximate surface area is 356 Å². The molecule has 0 spiro atoms. The van der Waals surface area contributed by atoms with Crippen LogP contribution in [0.25, 0.3) is 10.9 Å². The molecule has 8 amide bonds. The largest absolute Gasteiger partial charge is 0.480 e. The van der Waals surface area contributed by atoms with E-state index in [9.17, 15) is 53.4 Å². The maximum absolute atomic E-state index is 14.1. The first kappa shape index (κ1) is 47.9. The molecule has 0 radical (unpaired) electrons. The first-order chi connectivity index (χ1) is 28.8. The molecule has 334 valence electrons. The second-order valence-corrected chi connectivity index (χ2v) is 16.4. The zero-order valence-corrected chi connectivity index (χ0v) is 35.3. The fourth-order valence-corrected chi connectivity index (χ4v) is 8.07. The molecular weight excluding hydrogens is 817 g/mol. The molecule has 22 heteroatoms. The number of rotatable bonds is 12. The lowest BCUT2D eigenvalue weighted by Crippen LogP contribution is -2.58. The predicted octanol–water partition coefficient (Wildman–Crippen LogP) is -2.67. The van der Waals surface area contributed by atoms with Gasteiger partial charge in [0.25, 0.3) is 0 Å². The monoisotopic (exact) mass is 872 g/mol. The lowest BCUT2D eigenvalue weighted by atomic mass is 9.98. The van der Waals surface area contributed by atoms with E-state index in [0.29, 0.717) is 34.3 Å². The zero-order valence-electron chi connectivity index (χ0n) is 34.4. The van der Waals surface area contributed by atoms with Gasteiger partial charge in [0, 0.05) is 36.0 Å². The van der Waals surface area contributed by atoms with Gasteiger partial charge in [-0.1, -0.05) is 58.7 Å². The van der Waals surface area contributed by atoms with E-state index in [4.69, 9.17) is 11.5 Å². The number of likely N-dealkylation sites (tertiary alicyclic amines) is 1. The summed E-state index contributed by atoms with van der Waals surface area (Å²) in [6, 6.07) is -0.982. The minimum atomic E-state index is -1.69. The van der Waals surface area contributed by atoms with Crippen LogP contribution in [-0.2, 0) is 49.6 Å². The second-order valence-electron chi connectivity index (χ2n) is 15.4. The average Bonchev–Trinajstić information content (AvgIpc) is 3.79. The molecule has 0 bridgehead atoms. The van der Waals surface area contributed by atoms with Gasteiger partial charge in [-0.05, 0) is 23.5 Å². The molecule has 3 heterocycles. The number of thioether (sulfide) groups is 1. The van der Waals surface area contributed by atoms with E-state index in [1.165, 1.54) is 0 Å². The molecule has 2 aliphatic rings. The van der Waals surface area contributed by atoms with Gasteiger partial charge < -0.3 is 63.5 Å². The minimum absolute atomic E-state index is 0.137. The van der Waals surface area contributed by atoms with E-state index in [1.807, 2.05) is 6.92 Å². The quantitative estimate of drug-likeness (QED) is 0.104. The molecule has 1 aromatic heterocycles. The van der Waals surface area contributed by atoms with E-state index in [2.05, 4.69) is 36.9 Å². The molecule has 2 aromatic rings. The van der Waals surface area contributed by atoms with Gasteiger partial charge in [-0.3, -0.25) is 38.4 Å². The summed E-state index contributed by atoms with van der Waals surface area (Å²) in [5, 5.41) is 36.2. The molecular formula is C39H56N10O11S. The molecule has 0 aliphatic carbocycles. The molecule has 1 aromatic carbocycles. The van der Waals surface area contributed by atoms with Crippen molar-refractivity contribution in [1.82, 2.24) is 41.8 Å². The average molecular weight is 873 g/mol. The number of carboxylic acids is 1. The van der Waals surface area contributed by atoms with Crippen LogP contribution in [0, 0.1) is 11.8 Å². The van der Waals surface area contributed by atoms with Crippen LogP contribution in [0.2, 0.25) is 0 Å². The fraction of sp³-hybridized carbons (Fsp3) is 0.564. The van der Waals surface area contributed by atoms with E-state index in [0.717, 1.165) is 16.7 Å². The third-order valence-electron chi connectivity index (χ3n) is 10.9. The Morgan fingerprint density at radius 2 is 1.62 bits per heavy atom. The minimum Gasteiger partial charge on any atom is -0.480 e. The first-order valence-electron chi connectivity index (χ1n) is 20.1. The number of aliphatic carboxylic acids is 1. The number of nitrogens with zero attached hydrogens (tertiary/aromatic N) is 1. The molecule has 0 unspecified atom stereocenters. The van der Waals surface area contributed by atoms with Gasteiger partial charge in [-0.2, -0.15) is 0 Å². The Bertz CT molecular complexity index is 2000. The Morgan fingerprint density at radius 3 is 2.26 bits per heavy atom. The van der Waals surface area contributed by atoms with E-state index < -0.39 is 121 Å². The number of nitrogens with two attached hydrogens (primary N) is 2. The third kappa shape index (κ3) is 12.6. The number of aromatic amines is 1. The Kier molecular flexibility index (Phi) is 17.0. The van der Waals surface area contributed by atoms with Crippen LogP contribution in [0.5, 0.6) is 0 Å². The van der Waals surface area contributed by atoms with Gasteiger partial charge in [-0.15, -0.1) is 11.8 Å². The Morgan fingerprint density at radius 1 is 0.967 bits per heavy atom. The number of amides is 8. The highest BCUT2D eigenvalue weighted by molar-refractivity contribution is 7.99. The summed E-state index contributed by atoms with van der Waals surface area (Å²) in [5.41, 5.74) is 12.8. The number of aliphatic hydroxyl groups excluding tert-OH is 1. The number of fused-ring (bicyclic) bond motifs is 3. The van der Waals surface area contributed by atoms with Crippen LogP contribution < -0.4 is 43.4 Å². The van der Waals surface area contributed by atoms with Crippen LogP contribution in [0.15, 0.2) is 29.3 Å². The van der Waals surface area contributed by atoms with Gasteiger partial charge in [0.2, 0.25) is 47.3 Å². The summed E-state index contributed by atoms with van der Waals surface area (Å²) in [4.78, 5) is 123. The van der Waals surface area contributed by atoms with Crippen molar-refractivity contribution in [1.29, 1.82) is 0 Å². The van der Waals surface area contributed by atoms with Crippen molar-refractivity contribution in [3.05, 3.63) is 29.8 Å². The molecule has 61 heavy (non-hydrogen) atoms. The van der Waals surface area contributed by atoms with E-state index in [-0.39, 0.29) is 31.1 Å². The van der Waals surface area contributed by atoms with Gasteiger partial charge in [0.05, 0.1) is 36.7 Å². The summed E-state index contributed by atoms with van der Waals surface area (Å²) in [6.45, 7) is 5.54. The number of primary amides is 1. The predicted molar refractivity (Wildman–Crippen MR) is 221 cm³/mol. The smallest absolute Gasteiger partial charge is 0.326 e. The molecule has 2 aliphatic heterocycles. The molecule has 1 fully saturated rings. The van der Waals surface area contributed by atoms with Crippen molar-refractivity contribution in [3.63, 3.8) is 0 Å². The van der Waals surface area contributed by atoms with Gasteiger partial charge >= 0.3 is 5.97 Å². The molecule has 21 nitrogen and oxygen atoms in total. The number of carboxylic acid groups (broad SMARTS) is 1. The topological polar surface area (TPSA) is 337 Å². The van der Waals surface area contributed by atoms with E-state index in [1.54, 1.807) is 45.0 Å². The summed E-state index contributed by atoms with van der Waals surface area (Å²) in [5.74, 6) is -8.99. The number of carbonyl (C=O) groups is 9. The van der Waals surface area contributed by atoms with E-state index >= 15 is 0 Å². The summed E-state index contributed by atoms with van der Waals surface area (Å²) in [7, 11) is 0. The second kappa shape index (κ2) is 21.7. The van der Waals surface area contributed by atoms with Crippen LogP contribution in [0.1, 0.15) is 58.9 Å². The zero-order chi connectivity index (χ0) is 45.1. The number of para-hydroxylation sites is 1. The number of hydrogen-bond acceptors (Lipinski definition) is 12. The lowest BCUT2D eigenvalue weighted by molar-refractivity contribution is -0.149.